The first-order valence-electron chi connectivity index (χ1n) is 13.0. The molecule has 1 aromatic heterocycles. The minimum atomic E-state index is -4.67. The van der Waals surface area contributed by atoms with Gasteiger partial charge in [0.1, 0.15) is 11.8 Å². The van der Waals surface area contributed by atoms with Crippen LogP contribution in [0.25, 0.3) is 0 Å². The van der Waals surface area contributed by atoms with E-state index in [1.165, 1.54) is 10.6 Å². The number of rotatable bonds is 5. The third kappa shape index (κ3) is 5.34. The maximum atomic E-state index is 13.9. The van der Waals surface area contributed by atoms with Gasteiger partial charge in [-0.1, -0.05) is 75.4 Å². The summed E-state index contributed by atoms with van der Waals surface area (Å²) in [6, 6.07) is 18.4. The van der Waals surface area contributed by atoms with Crippen LogP contribution >= 0.6 is 39.0 Å². The molecule has 2 aliphatic rings. The van der Waals surface area contributed by atoms with Crippen molar-refractivity contribution in [1.29, 1.82) is 0 Å². The van der Waals surface area contributed by atoms with Crippen LogP contribution in [0.4, 0.5) is 24.5 Å². The average molecular weight is 689 g/mol. The van der Waals surface area contributed by atoms with E-state index in [0.717, 1.165) is 51.8 Å². The van der Waals surface area contributed by atoms with Crippen molar-refractivity contribution in [3.8, 4) is 0 Å². The Balaban J connectivity index is 1.42. The molecule has 1 N–H and O–H groups in total. The van der Waals surface area contributed by atoms with Gasteiger partial charge in [0, 0.05) is 21.0 Å². The minimum Gasteiger partial charge on any atom is -0.324 e. The Morgan fingerprint density at radius 3 is 2.44 bits per heavy atom. The van der Waals surface area contributed by atoms with Crippen LogP contribution in [0.2, 0.25) is 0 Å². The van der Waals surface area contributed by atoms with Gasteiger partial charge in [-0.05, 0) is 54.4 Å². The van der Waals surface area contributed by atoms with Gasteiger partial charge in [0.15, 0.2) is 0 Å². The van der Waals surface area contributed by atoms with Crippen LogP contribution in [-0.2, 0) is 27.1 Å². The predicted octanol–water partition coefficient (Wildman–Crippen LogP) is 6.43. The number of carbonyl (C=O) groups is 3. The zero-order valence-electron chi connectivity index (χ0n) is 22.2. The lowest BCUT2D eigenvalue weighted by Gasteiger charge is -2.30. The molecule has 0 radical (unpaired) electrons. The number of aryl methyl sites for hydroxylation is 1. The Hall–Kier alpha value is -3.68. The summed E-state index contributed by atoms with van der Waals surface area (Å²) in [6.45, 7) is 1.51. The van der Waals surface area contributed by atoms with Gasteiger partial charge in [-0.25, -0.2) is 4.90 Å². The smallest absolute Gasteiger partial charge is 0.324 e. The Morgan fingerprint density at radius 2 is 1.72 bits per heavy atom. The Labute approximate surface area is 259 Å². The van der Waals surface area contributed by atoms with E-state index in [9.17, 15) is 32.3 Å². The molecule has 6 rings (SSSR count). The zero-order chi connectivity index (χ0) is 30.6. The van der Waals surface area contributed by atoms with Gasteiger partial charge in [0.25, 0.3) is 0 Å². The molecule has 3 aromatic carbocycles. The molecule has 3 amide bonds. The zero-order valence-corrected chi connectivity index (χ0v) is 25.4. The van der Waals surface area contributed by atoms with E-state index in [2.05, 4.69) is 21.2 Å². The van der Waals surface area contributed by atoms with E-state index < -0.39 is 51.4 Å². The molecule has 1 fully saturated rings. The fraction of sp³-hybridized carbons (Fsp3) is 0.200. The second-order valence-electron chi connectivity index (χ2n) is 10.1. The third-order valence-electron chi connectivity index (χ3n) is 7.41. The molecular formula is C30H21BrF3N3O4S2. The number of nitrogens with one attached hydrogen (secondary N) is 1. The number of benzene rings is 3. The quantitative estimate of drug-likeness (QED) is 0.244. The number of aromatic nitrogens is 1. The van der Waals surface area contributed by atoms with Crippen LogP contribution in [0.3, 0.4) is 0 Å². The number of carbonyl (C=O) groups excluding carboxylic acids is 3. The van der Waals surface area contributed by atoms with Crippen molar-refractivity contribution in [1.82, 2.24) is 4.57 Å². The van der Waals surface area contributed by atoms with E-state index in [1.54, 1.807) is 36.4 Å². The number of nitrogens with zero attached hydrogens (tertiary/aromatic N) is 2. The molecule has 43 heavy (non-hydrogen) atoms. The van der Waals surface area contributed by atoms with E-state index in [-0.39, 0.29) is 12.2 Å². The number of amides is 3. The summed E-state index contributed by atoms with van der Waals surface area (Å²) in [6.07, 6.45) is -4.67. The Bertz CT molecular complexity index is 1850. The number of hydrogen-bond acceptors (Lipinski definition) is 6. The first-order valence-corrected chi connectivity index (χ1v) is 15.5. The van der Waals surface area contributed by atoms with Crippen LogP contribution in [-0.4, -0.2) is 27.5 Å². The molecule has 2 unspecified atom stereocenters. The normalized spacial score (nSPS) is 19.7. The van der Waals surface area contributed by atoms with Crippen LogP contribution in [0.15, 0.2) is 87.1 Å². The molecule has 220 valence electrons. The largest absolute Gasteiger partial charge is 0.416 e. The SMILES string of the molecule is Cc1ccccc1NC(=O)Cn1c2c(sc1=O)[C@H](c1cccc(Br)c1)C1C(=O)N(c3cccc(C(F)(F)F)c3)C(=O)C1S2. The van der Waals surface area contributed by atoms with Gasteiger partial charge in [0.2, 0.25) is 17.7 Å². The molecule has 3 heterocycles. The maximum Gasteiger partial charge on any atom is 0.416 e. The maximum absolute atomic E-state index is 13.9. The number of alkyl halides is 3. The molecule has 0 bridgehead atoms. The number of anilines is 2. The molecular weight excluding hydrogens is 667 g/mol. The number of imide groups is 1. The van der Waals surface area contributed by atoms with Crippen LogP contribution in [0.1, 0.15) is 27.5 Å². The van der Waals surface area contributed by atoms with Crippen molar-refractivity contribution >= 4 is 68.1 Å². The monoisotopic (exact) mass is 687 g/mol. The first-order chi connectivity index (χ1) is 20.4. The highest BCUT2D eigenvalue weighted by Crippen LogP contribution is 2.54. The number of fused-ring (bicyclic) bond motifs is 2. The topological polar surface area (TPSA) is 88.5 Å². The number of hydrogen-bond donors (Lipinski definition) is 1. The highest BCUT2D eigenvalue weighted by Gasteiger charge is 2.57. The van der Waals surface area contributed by atoms with E-state index >= 15 is 0 Å². The van der Waals surface area contributed by atoms with Crippen molar-refractivity contribution in [3.05, 3.63) is 109 Å². The van der Waals surface area contributed by atoms with E-state index in [4.69, 9.17) is 0 Å². The summed E-state index contributed by atoms with van der Waals surface area (Å²) in [5.41, 5.74) is 0.927. The van der Waals surface area contributed by atoms with Gasteiger partial charge in [-0.3, -0.25) is 23.7 Å². The second kappa shape index (κ2) is 11.1. The highest BCUT2D eigenvalue weighted by molar-refractivity contribution is 9.10. The van der Waals surface area contributed by atoms with Gasteiger partial charge < -0.3 is 5.32 Å². The summed E-state index contributed by atoms with van der Waals surface area (Å²) in [7, 11) is 0. The lowest BCUT2D eigenvalue weighted by Crippen LogP contribution is -2.33. The molecule has 7 nitrogen and oxygen atoms in total. The van der Waals surface area contributed by atoms with Crippen molar-refractivity contribution in [3.63, 3.8) is 0 Å². The lowest BCUT2D eigenvalue weighted by molar-refractivity contribution is -0.137. The van der Waals surface area contributed by atoms with Crippen LogP contribution in [0, 0.1) is 12.8 Å². The number of thioether (sulfide) groups is 1. The fourth-order valence-corrected chi connectivity index (χ4v) is 8.63. The number of thiazole rings is 1. The molecule has 2 aliphatic heterocycles. The van der Waals surface area contributed by atoms with Crippen LogP contribution < -0.4 is 15.1 Å². The lowest BCUT2D eigenvalue weighted by atomic mass is 9.83. The molecule has 3 atom stereocenters. The molecule has 0 aliphatic carbocycles. The van der Waals surface area contributed by atoms with Gasteiger partial charge in [0.05, 0.1) is 22.2 Å². The minimum absolute atomic E-state index is 0.175. The molecule has 0 saturated carbocycles. The van der Waals surface area contributed by atoms with E-state index in [0.29, 0.717) is 25.6 Å². The number of halogens is 4. The summed E-state index contributed by atoms with van der Waals surface area (Å²) < 4.78 is 42.5. The van der Waals surface area contributed by atoms with Gasteiger partial charge in [-0.2, -0.15) is 13.2 Å². The van der Waals surface area contributed by atoms with E-state index in [1.807, 2.05) is 19.1 Å². The highest BCUT2D eigenvalue weighted by atomic mass is 79.9. The van der Waals surface area contributed by atoms with Crippen molar-refractivity contribution < 1.29 is 27.6 Å². The summed E-state index contributed by atoms with van der Waals surface area (Å²) >= 11 is 5.33. The Morgan fingerprint density at radius 1 is 0.977 bits per heavy atom. The molecule has 13 heteroatoms. The number of para-hydroxylation sites is 1. The van der Waals surface area contributed by atoms with Crippen LogP contribution in [0.5, 0.6) is 0 Å². The predicted molar refractivity (Wildman–Crippen MR) is 161 cm³/mol. The molecule has 4 aromatic rings. The fourth-order valence-electron chi connectivity index (χ4n) is 5.44. The van der Waals surface area contributed by atoms with Gasteiger partial charge in [-0.15, -0.1) is 0 Å². The third-order valence-corrected chi connectivity index (χ3v) is 10.5. The van der Waals surface area contributed by atoms with Gasteiger partial charge >= 0.3 is 11.0 Å². The standard InChI is InChI=1S/C30H21BrF3N3O4S2/c1-15-6-2-3-11-20(15)35-21(38)14-36-28-25(43-29(36)41)22(16-7-4-9-18(31)12-16)23-24(42-28)27(40)37(26(23)39)19-10-5-8-17(13-19)30(32,33)34/h2-13,22-24H,14H2,1H3,(H,35,38)/t22-,23?,24?/m1/s1. The summed E-state index contributed by atoms with van der Waals surface area (Å²) in [5, 5.41) is 2.16. The molecule has 1 saturated heterocycles. The summed E-state index contributed by atoms with van der Waals surface area (Å²) in [4.78, 5) is 55.0. The second-order valence-corrected chi connectivity index (χ2v) is 13.2. The Kier molecular flexibility index (Phi) is 7.59. The summed E-state index contributed by atoms with van der Waals surface area (Å²) in [5.74, 6) is -3.51. The first kappa shape index (κ1) is 29.4. The van der Waals surface area contributed by atoms with Crippen molar-refractivity contribution in [2.24, 2.45) is 5.92 Å². The van der Waals surface area contributed by atoms with Crippen molar-refractivity contribution in [2.45, 2.75) is 35.8 Å². The van der Waals surface area contributed by atoms with Crippen molar-refractivity contribution in [2.75, 3.05) is 10.2 Å². The molecule has 0 spiro atoms. The average Bonchev–Trinajstić information content (AvgIpc) is 3.40.